The van der Waals surface area contributed by atoms with Gasteiger partial charge < -0.3 is 5.32 Å². The third kappa shape index (κ3) is 3.80. The van der Waals surface area contributed by atoms with E-state index in [9.17, 15) is 4.79 Å². The first-order valence-corrected chi connectivity index (χ1v) is 10.5. The second-order valence-electron chi connectivity index (χ2n) is 7.11. The first-order chi connectivity index (χ1) is 13.6. The lowest BCUT2D eigenvalue weighted by Crippen LogP contribution is -2.32. The van der Waals surface area contributed by atoms with Crippen molar-refractivity contribution in [2.24, 2.45) is 0 Å². The van der Waals surface area contributed by atoms with Crippen LogP contribution >= 0.6 is 11.8 Å². The highest BCUT2D eigenvalue weighted by atomic mass is 32.2. The maximum atomic E-state index is 12.6. The predicted molar refractivity (Wildman–Crippen MR) is 110 cm³/mol. The van der Waals surface area contributed by atoms with E-state index in [1.807, 2.05) is 38.1 Å². The molecule has 0 radical (unpaired) electrons. The Hall–Kier alpha value is -2.67. The van der Waals surface area contributed by atoms with Crippen LogP contribution in [0.3, 0.4) is 0 Å². The lowest BCUT2D eigenvalue weighted by atomic mass is 9.88. The molecule has 2 aromatic carbocycles. The van der Waals surface area contributed by atoms with Gasteiger partial charge in [-0.1, -0.05) is 54.2 Å². The smallest absolute Gasteiger partial charge is 0.230 e. The average Bonchev–Trinajstić information content (AvgIpc) is 3.15. The molecule has 3 aromatic rings. The zero-order chi connectivity index (χ0) is 19.5. The SMILES string of the molecule is Cc1cccc(C)c1-n1nnnc1SCC(=O)N[C@@H]1CCCc2ccccc21. The number of hydrogen-bond acceptors (Lipinski definition) is 5. The summed E-state index contributed by atoms with van der Waals surface area (Å²) in [4.78, 5) is 12.6. The number of aryl methyl sites for hydroxylation is 3. The van der Waals surface area contributed by atoms with Gasteiger partial charge in [-0.2, -0.15) is 4.68 Å². The molecule has 0 spiro atoms. The van der Waals surface area contributed by atoms with Crippen LogP contribution in [-0.4, -0.2) is 31.9 Å². The fourth-order valence-electron chi connectivity index (χ4n) is 3.82. The Bertz CT molecular complexity index is 980. The van der Waals surface area contributed by atoms with Crippen molar-refractivity contribution < 1.29 is 4.79 Å². The van der Waals surface area contributed by atoms with Crippen molar-refractivity contribution in [3.8, 4) is 5.69 Å². The third-order valence-electron chi connectivity index (χ3n) is 5.13. The van der Waals surface area contributed by atoms with Gasteiger partial charge in [-0.05, 0) is 65.8 Å². The number of amides is 1. The number of rotatable bonds is 5. The maximum Gasteiger partial charge on any atom is 0.230 e. The predicted octanol–water partition coefficient (Wildman–Crippen LogP) is 3.57. The first kappa shape index (κ1) is 18.7. The van der Waals surface area contributed by atoms with Gasteiger partial charge in [0.25, 0.3) is 0 Å². The third-order valence-corrected chi connectivity index (χ3v) is 6.05. The zero-order valence-electron chi connectivity index (χ0n) is 16.1. The molecule has 0 aliphatic heterocycles. The monoisotopic (exact) mass is 393 g/mol. The number of carbonyl (C=O) groups is 1. The van der Waals surface area contributed by atoms with Crippen molar-refractivity contribution in [1.82, 2.24) is 25.5 Å². The number of tetrazole rings is 1. The molecule has 6 nitrogen and oxygen atoms in total. The number of nitrogens with zero attached hydrogens (tertiary/aromatic N) is 4. The summed E-state index contributed by atoms with van der Waals surface area (Å²) < 4.78 is 1.72. The molecule has 1 amide bonds. The first-order valence-electron chi connectivity index (χ1n) is 9.48. The van der Waals surface area contributed by atoms with Crippen LogP contribution in [0.5, 0.6) is 0 Å². The van der Waals surface area contributed by atoms with Gasteiger partial charge in [0.2, 0.25) is 11.1 Å². The summed E-state index contributed by atoms with van der Waals surface area (Å²) >= 11 is 1.36. The van der Waals surface area contributed by atoms with Gasteiger partial charge >= 0.3 is 0 Å². The maximum absolute atomic E-state index is 12.6. The van der Waals surface area contributed by atoms with Gasteiger partial charge in [0, 0.05) is 0 Å². The van der Waals surface area contributed by atoms with E-state index in [1.54, 1.807) is 4.68 Å². The molecule has 1 heterocycles. The van der Waals surface area contributed by atoms with E-state index in [1.165, 1.54) is 22.9 Å². The van der Waals surface area contributed by atoms with E-state index in [0.29, 0.717) is 5.16 Å². The summed E-state index contributed by atoms with van der Waals surface area (Å²) in [6.45, 7) is 4.07. The summed E-state index contributed by atoms with van der Waals surface area (Å²) in [7, 11) is 0. The summed E-state index contributed by atoms with van der Waals surface area (Å²) in [5, 5.41) is 15.9. The average molecular weight is 394 g/mol. The molecule has 0 unspecified atom stereocenters. The van der Waals surface area contributed by atoms with Crippen molar-refractivity contribution in [3.05, 3.63) is 64.7 Å². The normalized spacial score (nSPS) is 15.9. The Balaban J connectivity index is 1.44. The molecule has 0 bridgehead atoms. The van der Waals surface area contributed by atoms with Crippen LogP contribution in [0.2, 0.25) is 0 Å². The van der Waals surface area contributed by atoms with Crippen molar-refractivity contribution in [2.75, 3.05) is 5.75 Å². The molecule has 0 saturated carbocycles. The van der Waals surface area contributed by atoms with Crippen LogP contribution in [0, 0.1) is 13.8 Å². The van der Waals surface area contributed by atoms with Gasteiger partial charge in [-0.25, -0.2) is 0 Å². The molecule has 1 N–H and O–H groups in total. The van der Waals surface area contributed by atoms with Gasteiger partial charge in [-0.15, -0.1) is 5.10 Å². The van der Waals surface area contributed by atoms with Crippen LogP contribution in [0.25, 0.3) is 5.69 Å². The van der Waals surface area contributed by atoms with E-state index < -0.39 is 0 Å². The van der Waals surface area contributed by atoms with Crippen LogP contribution < -0.4 is 5.32 Å². The lowest BCUT2D eigenvalue weighted by Gasteiger charge is -2.26. The summed E-state index contributed by atoms with van der Waals surface area (Å²) in [6.07, 6.45) is 3.16. The Kier molecular flexibility index (Phi) is 5.43. The quantitative estimate of drug-likeness (QED) is 0.671. The lowest BCUT2D eigenvalue weighted by molar-refractivity contribution is -0.119. The minimum Gasteiger partial charge on any atom is -0.349 e. The molecule has 4 rings (SSSR count). The van der Waals surface area contributed by atoms with Crippen LogP contribution in [0.1, 0.15) is 41.1 Å². The molecule has 144 valence electrons. The van der Waals surface area contributed by atoms with Crippen molar-refractivity contribution in [2.45, 2.75) is 44.3 Å². The number of hydrogen-bond donors (Lipinski definition) is 1. The minimum absolute atomic E-state index is 0.00255. The largest absolute Gasteiger partial charge is 0.349 e. The molecule has 0 saturated heterocycles. The second kappa shape index (κ2) is 8.14. The summed E-state index contributed by atoms with van der Waals surface area (Å²) in [5.41, 5.74) is 5.74. The van der Waals surface area contributed by atoms with E-state index in [0.717, 1.165) is 36.1 Å². The number of thioether (sulfide) groups is 1. The molecule has 1 aliphatic carbocycles. The van der Waals surface area contributed by atoms with Gasteiger partial charge in [0.05, 0.1) is 17.5 Å². The standard InChI is InChI=1S/C21H23N5OS/c1-14-7-5-8-15(2)20(14)26-21(23-24-25-26)28-13-19(27)22-18-12-6-10-16-9-3-4-11-17(16)18/h3-5,7-9,11,18H,6,10,12-13H2,1-2H3,(H,22,27)/t18-/m1/s1. The van der Waals surface area contributed by atoms with Gasteiger partial charge in [-0.3, -0.25) is 4.79 Å². The fourth-order valence-corrected chi connectivity index (χ4v) is 4.51. The van der Waals surface area contributed by atoms with Crippen molar-refractivity contribution in [3.63, 3.8) is 0 Å². The highest BCUT2D eigenvalue weighted by molar-refractivity contribution is 7.99. The highest BCUT2D eigenvalue weighted by Gasteiger charge is 2.22. The summed E-state index contributed by atoms with van der Waals surface area (Å²) in [5.74, 6) is 0.284. The molecule has 1 aromatic heterocycles. The Morgan fingerprint density at radius 2 is 1.96 bits per heavy atom. The van der Waals surface area contributed by atoms with E-state index in [2.05, 4.69) is 39.0 Å². The number of nitrogens with one attached hydrogen (secondary N) is 1. The molecule has 7 heteroatoms. The van der Waals surface area contributed by atoms with Crippen molar-refractivity contribution in [1.29, 1.82) is 0 Å². The highest BCUT2D eigenvalue weighted by Crippen LogP contribution is 2.30. The molecule has 0 fully saturated rings. The van der Waals surface area contributed by atoms with E-state index in [-0.39, 0.29) is 17.7 Å². The molecule has 28 heavy (non-hydrogen) atoms. The topological polar surface area (TPSA) is 72.7 Å². The number of fused-ring (bicyclic) bond motifs is 1. The molecular formula is C21H23N5OS. The number of para-hydroxylation sites is 1. The van der Waals surface area contributed by atoms with Crippen LogP contribution in [0.15, 0.2) is 47.6 Å². The molecule has 1 aliphatic rings. The Morgan fingerprint density at radius 1 is 1.18 bits per heavy atom. The van der Waals surface area contributed by atoms with Crippen LogP contribution in [-0.2, 0) is 11.2 Å². The zero-order valence-corrected chi connectivity index (χ0v) is 16.9. The number of benzene rings is 2. The van der Waals surface area contributed by atoms with Crippen LogP contribution in [0.4, 0.5) is 0 Å². The number of carbonyl (C=O) groups excluding carboxylic acids is 1. The molecular weight excluding hydrogens is 370 g/mol. The van der Waals surface area contributed by atoms with Crippen molar-refractivity contribution >= 4 is 17.7 Å². The van der Waals surface area contributed by atoms with Gasteiger partial charge in [0.1, 0.15) is 0 Å². The second-order valence-corrected chi connectivity index (χ2v) is 8.06. The minimum atomic E-state index is 0.00255. The van der Waals surface area contributed by atoms with E-state index in [4.69, 9.17) is 0 Å². The Labute approximate surface area is 168 Å². The number of aromatic nitrogens is 4. The molecule has 1 atom stereocenters. The Morgan fingerprint density at radius 3 is 2.79 bits per heavy atom. The van der Waals surface area contributed by atoms with E-state index >= 15 is 0 Å². The van der Waals surface area contributed by atoms with Gasteiger partial charge in [0.15, 0.2) is 0 Å². The fraction of sp³-hybridized carbons (Fsp3) is 0.333. The summed E-state index contributed by atoms with van der Waals surface area (Å²) in [6, 6.07) is 14.5.